The predicted octanol–water partition coefficient (Wildman–Crippen LogP) is 11.9. The number of rotatable bonds is 2. The van der Waals surface area contributed by atoms with Crippen molar-refractivity contribution in [2.75, 3.05) is 0 Å². The van der Waals surface area contributed by atoms with Crippen molar-refractivity contribution in [3.8, 4) is 22.3 Å². The van der Waals surface area contributed by atoms with E-state index >= 15 is 0 Å². The molecule has 0 unspecified atom stereocenters. The molecule has 214 valence electrons. The molecule has 8 aromatic carbocycles. The second kappa shape index (κ2) is 9.32. The summed E-state index contributed by atoms with van der Waals surface area (Å²) in [5.74, 6) is 0. The third kappa shape index (κ3) is 3.64. The van der Waals surface area contributed by atoms with Crippen LogP contribution in [0.5, 0.6) is 0 Å². The van der Waals surface area contributed by atoms with Gasteiger partial charge in [0.25, 0.3) is 0 Å². The van der Waals surface area contributed by atoms with Gasteiger partial charge in [0.2, 0.25) is 0 Å². The first-order chi connectivity index (χ1) is 22.6. The van der Waals surface area contributed by atoms with E-state index in [1.165, 1.54) is 86.9 Å². The van der Waals surface area contributed by atoms with Gasteiger partial charge in [-0.05, 0) is 116 Å². The summed E-state index contributed by atoms with van der Waals surface area (Å²) in [6.45, 7) is 4.26. The monoisotopic (exact) mass is 584 g/mol. The number of nitrogens with zero attached hydrogens (tertiary/aromatic N) is 2. The van der Waals surface area contributed by atoms with E-state index in [1.54, 1.807) is 0 Å². The highest BCUT2D eigenvalue weighted by atomic mass is 14.7. The average Bonchev–Trinajstić information content (AvgIpc) is 3.10. The highest BCUT2D eigenvalue weighted by Gasteiger charge is 2.18. The van der Waals surface area contributed by atoms with E-state index in [0.717, 1.165) is 22.4 Å². The Bertz CT molecular complexity index is 2680. The largest absolute Gasteiger partial charge is 0.252 e. The first-order valence-electron chi connectivity index (χ1n) is 15.9. The molecule has 0 saturated carbocycles. The summed E-state index contributed by atoms with van der Waals surface area (Å²) < 4.78 is 0. The Labute approximate surface area is 265 Å². The van der Waals surface area contributed by atoms with E-state index in [0.29, 0.717) is 0 Å². The Morgan fingerprint density at radius 3 is 1.22 bits per heavy atom. The van der Waals surface area contributed by atoms with Gasteiger partial charge in [0.1, 0.15) is 0 Å². The molecule has 0 amide bonds. The van der Waals surface area contributed by atoms with Crippen LogP contribution in [0.1, 0.15) is 11.4 Å². The molecule has 0 fully saturated rings. The zero-order valence-corrected chi connectivity index (χ0v) is 25.6. The highest BCUT2D eigenvalue weighted by Crippen LogP contribution is 2.41. The minimum absolute atomic E-state index is 1.02. The van der Waals surface area contributed by atoms with Crippen molar-refractivity contribution < 1.29 is 0 Å². The van der Waals surface area contributed by atoms with Gasteiger partial charge in [-0.2, -0.15) is 0 Å². The lowest BCUT2D eigenvalue weighted by Gasteiger charge is -2.17. The minimum atomic E-state index is 1.02. The SMILES string of the molecule is Cc1nc2cc(-c3ccc4c(ccc5ccccc54)c3)cc3c(C)nc4cc(-c5ccc6c(ccc7ccccc76)c5)cc1c4c23. The Kier molecular flexibility index (Phi) is 5.16. The molecule has 0 N–H and O–H groups in total. The van der Waals surface area contributed by atoms with Gasteiger partial charge in [-0.3, -0.25) is 9.97 Å². The fourth-order valence-electron chi connectivity index (χ4n) is 7.73. The van der Waals surface area contributed by atoms with Gasteiger partial charge < -0.3 is 0 Å². The third-order valence-electron chi connectivity index (χ3n) is 10.00. The molecule has 2 nitrogen and oxygen atoms in total. The molecule has 46 heavy (non-hydrogen) atoms. The molecule has 2 aromatic heterocycles. The van der Waals surface area contributed by atoms with Crippen LogP contribution < -0.4 is 0 Å². The zero-order chi connectivity index (χ0) is 30.5. The van der Waals surface area contributed by atoms with Crippen LogP contribution in [-0.2, 0) is 0 Å². The van der Waals surface area contributed by atoms with Gasteiger partial charge in [-0.15, -0.1) is 0 Å². The maximum atomic E-state index is 5.23. The fourth-order valence-corrected chi connectivity index (χ4v) is 7.73. The van der Waals surface area contributed by atoms with Crippen LogP contribution >= 0.6 is 0 Å². The first kappa shape index (κ1) is 25.5. The van der Waals surface area contributed by atoms with Crippen molar-refractivity contribution in [2.45, 2.75) is 13.8 Å². The number of aromatic nitrogens is 2. The lowest BCUT2D eigenvalue weighted by Crippen LogP contribution is -1.97. The number of hydrogen-bond donors (Lipinski definition) is 0. The molecular formula is C44H28N2. The molecule has 10 rings (SSSR count). The molecule has 0 radical (unpaired) electrons. The van der Waals surface area contributed by atoms with Crippen LogP contribution in [0, 0.1) is 13.8 Å². The van der Waals surface area contributed by atoms with Gasteiger partial charge in [-0.25, -0.2) is 0 Å². The number of pyridine rings is 2. The van der Waals surface area contributed by atoms with E-state index in [1.807, 2.05) is 0 Å². The van der Waals surface area contributed by atoms with Crippen LogP contribution in [0.15, 0.2) is 133 Å². The molecule has 0 atom stereocenters. The Hall–Kier alpha value is -5.86. The molecule has 2 heterocycles. The van der Waals surface area contributed by atoms with Crippen molar-refractivity contribution in [3.63, 3.8) is 0 Å². The van der Waals surface area contributed by atoms with Crippen LogP contribution in [0.3, 0.4) is 0 Å². The quantitative estimate of drug-likeness (QED) is 0.189. The number of benzene rings is 8. The van der Waals surface area contributed by atoms with Crippen molar-refractivity contribution in [1.29, 1.82) is 0 Å². The molecular weight excluding hydrogens is 556 g/mol. The van der Waals surface area contributed by atoms with Crippen molar-refractivity contribution in [1.82, 2.24) is 9.97 Å². The number of hydrogen-bond acceptors (Lipinski definition) is 2. The van der Waals surface area contributed by atoms with Gasteiger partial charge >= 0.3 is 0 Å². The van der Waals surface area contributed by atoms with Crippen molar-refractivity contribution in [2.24, 2.45) is 0 Å². The van der Waals surface area contributed by atoms with E-state index in [2.05, 4.69) is 147 Å². The summed E-state index contributed by atoms with van der Waals surface area (Å²) in [6.07, 6.45) is 0. The standard InChI is InChI=1S/C44H28N2/c1-25-39-21-33(29-15-17-37-31(19-29)13-11-27-7-3-5-9-35(27)37)24-42-43(39)44-40(26(2)46-42)22-34(23-41(44)45-25)30-16-18-38-32(20-30)14-12-28-8-4-6-10-36(28)38/h3-24H,1-2H3. The summed E-state index contributed by atoms with van der Waals surface area (Å²) in [6, 6.07) is 48.9. The molecule has 0 aliphatic heterocycles. The van der Waals surface area contributed by atoms with Crippen LogP contribution in [0.4, 0.5) is 0 Å². The molecule has 2 heteroatoms. The molecule has 0 saturated heterocycles. The highest BCUT2D eigenvalue weighted by molar-refractivity contribution is 6.23. The Morgan fingerprint density at radius 1 is 0.326 bits per heavy atom. The van der Waals surface area contributed by atoms with Crippen LogP contribution in [0.2, 0.25) is 0 Å². The Balaban J connectivity index is 1.15. The lowest BCUT2D eigenvalue weighted by atomic mass is 9.91. The van der Waals surface area contributed by atoms with E-state index < -0.39 is 0 Å². The van der Waals surface area contributed by atoms with E-state index in [4.69, 9.17) is 9.97 Å². The normalized spacial score (nSPS) is 12.1. The first-order valence-corrected chi connectivity index (χ1v) is 15.9. The van der Waals surface area contributed by atoms with Crippen molar-refractivity contribution in [3.05, 3.63) is 145 Å². The fraction of sp³-hybridized carbons (Fsp3) is 0.0455. The number of fused-ring (bicyclic) bond motifs is 6. The average molecular weight is 585 g/mol. The van der Waals surface area contributed by atoms with Gasteiger partial charge in [0.05, 0.1) is 11.0 Å². The molecule has 10 aromatic rings. The van der Waals surface area contributed by atoms with E-state index in [9.17, 15) is 0 Å². The maximum Gasteiger partial charge on any atom is 0.0725 e. The third-order valence-corrected chi connectivity index (χ3v) is 10.00. The summed E-state index contributed by atoms with van der Waals surface area (Å²) >= 11 is 0. The Morgan fingerprint density at radius 2 is 0.739 bits per heavy atom. The predicted molar refractivity (Wildman–Crippen MR) is 196 cm³/mol. The van der Waals surface area contributed by atoms with Crippen LogP contribution in [-0.4, -0.2) is 9.97 Å². The molecule has 0 aliphatic carbocycles. The molecule has 0 bridgehead atoms. The molecule has 0 spiro atoms. The van der Waals surface area contributed by atoms with E-state index in [-0.39, 0.29) is 0 Å². The number of aryl methyl sites for hydroxylation is 2. The van der Waals surface area contributed by atoms with Crippen LogP contribution in [0.25, 0.3) is 97.9 Å². The molecule has 0 aliphatic rings. The topological polar surface area (TPSA) is 25.8 Å². The summed E-state index contributed by atoms with van der Waals surface area (Å²) in [4.78, 5) is 10.5. The smallest absolute Gasteiger partial charge is 0.0725 e. The van der Waals surface area contributed by atoms with Gasteiger partial charge in [0, 0.05) is 32.9 Å². The minimum Gasteiger partial charge on any atom is -0.252 e. The second-order valence-electron chi connectivity index (χ2n) is 12.7. The summed E-state index contributed by atoms with van der Waals surface area (Å²) in [5.41, 5.74) is 8.83. The second-order valence-corrected chi connectivity index (χ2v) is 12.7. The lowest BCUT2D eigenvalue weighted by molar-refractivity contribution is 1.26. The van der Waals surface area contributed by atoms with Gasteiger partial charge in [0.15, 0.2) is 0 Å². The zero-order valence-electron chi connectivity index (χ0n) is 25.6. The van der Waals surface area contributed by atoms with Crippen molar-refractivity contribution >= 4 is 75.7 Å². The van der Waals surface area contributed by atoms with Gasteiger partial charge in [-0.1, -0.05) is 97.1 Å². The summed E-state index contributed by atoms with van der Waals surface area (Å²) in [7, 11) is 0. The maximum absolute atomic E-state index is 5.23. The summed E-state index contributed by atoms with van der Waals surface area (Å²) in [5, 5.41) is 14.9.